The molecule has 4 aromatic rings. The molecule has 216 valence electrons. The van der Waals surface area contributed by atoms with Crippen molar-refractivity contribution in [3.05, 3.63) is 109 Å². The number of thiazole rings is 1. The molecule has 1 unspecified atom stereocenters. The molecule has 2 aromatic carbocycles. The number of hydrogen-bond acceptors (Lipinski definition) is 9. The fraction of sp³-hybridized carbons (Fsp3) is 0.250. The van der Waals surface area contributed by atoms with Gasteiger partial charge in [-0.1, -0.05) is 35.6 Å². The average molecular weight is 586 g/mol. The van der Waals surface area contributed by atoms with Gasteiger partial charge in [-0.15, -0.1) is 0 Å². The third-order valence-corrected chi connectivity index (χ3v) is 7.81. The van der Waals surface area contributed by atoms with Crippen LogP contribution in [0, 0.1) is 0 Å². The van der Waals surface area contributed by atoms with Crippen LogP contribution in [0.25, 0.3) is 17.4 Å². The minimum absolute atomic E-state index is 0.207. The number of anilines is 1. The molecule has 3 heterocycles. The Morgan fingerprint density at radius 3 is 2.29 bits per heavy atom. The summed E-state index contributed by atoms with van der Waals surface area (Å²) in [7, 11) is 3.90. The molecule has 42 heavy (non-hydrogen) atoms. The number of furan rings is 1. The summed E-state index contributed by atoms with van der Waals surface area (Å²) >= 11 is 1.23. The summed E-state index contributed by atoms with van der Waals surface area (Å²) in [4.78, 5) is 46.0. The van der Waals surface area contributed by atoms with Crippen molar-refractivity contribution in [2.45, 2.75) is 26.8 Å². The van der Waals surface area contributed by atoms with Crippen molar-refractivity contribution in [1.29, 1.82) is 0 Å². The zero-order chi connectivity index (χ0) is 30.0. The Labute approximate surface area is 246 Å². The van der Waals surface area contributed by atoms with Crippen LogP contribution in [-0.2, 0) is 14.3 Å². The Bertz CT molecular complexity index is 1840. The smallest absolute Gasteiger partial charge is 0.338 e. The quantitative estimate of drug-likeness (QED) is 0.284. The van der Waals surface area contributed by atoms with Gasteiger partial charge >= 0.3 is 11.9 Å². The van der Waals surface area contributed by atoms with Gasteiger partial charge in [0.1, 0.15) is 11.5 Å². The molecule has 1 aliphatic rings. The van der Waals surface area contributed by atoms with Crippen LogP contribution in [0.15, 0.2) is 86.1 Å². The molecule has 1 aliphatic heterocycles. The second-order valence-corrected chi connectivity index (χ2v) is 10.8. The van der Waals surface area contributed by atoms with E-state index in [4.69, 9.17) is 13.9 Å². The van der Waals surface area contributed by atoms with Crippen molar-refractivity contribution in [2.24, 2.45) is 4.99 Å². The van der Waals surface area contributed by atoms with Crippen molar-refractivity contribution >= 4 is 35.0 Å². The molecule has 2 aromatic heterocycles. The summed E-state index contributed by atoms with van der Waals surface area (Å²) in [6, 6.07) is 17.6. The molecule has 0 aliphatic carbocycles. The minimum atomic E-state index is -0.691. The van der Waals surface area contributed by atoms with Crippen molar-refractivity contribution in [2.75, 3.05) is 32.2 Å². The highest BCUT2D eigenvalue weighted by molar-refractivity contribution is 7.07. The molecule has 0 saturated carbocycles. The number of carbonyl (C=O) groups excluding carboxylic acids is 2. The highest BCUT2D eigenvalue weighted by Gasteiger charge is 2.33. The van der Waals surface area contributed by atoms with Gasteiger partial charge in [-0.25, -0.2) is 14.6 Å². The highest BCUT2D eigenvalue weighted by Crippen LogP contribution is 2.31. The summed E-state index contributed by atoms with van der Waals surface area (Å²) in [5.74, 6) is 0.189. The van der Waals surface area contributed by atoms with E-state index in [1.165, 1.54) is 11.3 Å². The number of rotatable bonds is 8. The van der Waals surface area contributed by atoms with Crippen LogP contribution in [-0.4, -0.2) is 43.8 Å². The third kappa shape index (κ3) is 5.58. The monoisotopic (exact) mass is 585 g/mol. The summed E-state index contributed by atoms with van der Waals surface area (Å²) in [5.41, 5.74) is 3.56. The molecule has 5 rings (SSSR count). The van der Waals surface area contributed by atoms with E-state index >= 15 is 0 Å². The first-order valence-electron chi connectivity index (χ1n) is 13.6. The van der Waals surface area contributed by atoms with Crippen LogP contribution >= 0.6 is 11.3 Å². The lowest BCUT2D eigenvalue weighted by Gasteiger charge is -2.25. The number of allylic oxidation sites excluding steroid dienone is 1. The fourth-order valence-electron chi connectivity index (χ4n) is 4.76. The van der Waals surface area contributed by atoms with Gasteiger partial charge in [0.05, 0.1) is 40.6 Å². The van der Waals surface area contributed by atoms with E-state index in [2.05, 4.69) is 4.99 Å². The Balaban J connectivity index is 1.55. The molecular formula is C32H31N3O6S. The lowest BCUT2D eigenvalue weighted by Crippen LogP contribution is -2.39. The summed E-state index contributed by atoms with van der Waals surface area (Å²) in [5, 5.41) is 0. The molecule has 0 spiro atoms. The van der Waals surface area contributed by atoms with Gasteiger partial charge in [0.15, 0.2) is 4.80 Å². The van der Waals surface area contributed by atoms with E-state index in [0.717, 1.165) is 16.8 Å². The van der Waals surface area contributed by atoms with Crippen molar-refractivity contribution in [1.82, 2.24) is 4.57 Å². The van der Waals surface area contributed by atoms with Crippen LogP contribution < -0.4 is 19.8 Å². The predicted octanol–water partition coefficient (Wildman–Crippen LogP) is 4.30. The third-order valence-electron chi connectivity index (χ3n) is 6.82. The molecule has 10 heteroatoms. The Hall–Kier alpha value is -4.70. The topological polar surface area (TPSA) is 103 Å². The summed E-state index contributed by atoms with van der Waals surface area (Å²) in [6.45, 7) is 5.78. The maximum Gasteiger partial charge on any atom is 0.338 e. The number of aromatic nitrogens is 1. The van der Waals surface area contributed by atoms with E-state index in [0.29, 0.717) is 44.3 Å². The lowest BCUT2D eigenvalue weighted by atomic mass is 9.95. The molecule has 0 amide bonds. The second-order valence-electron chi connectivity index (χ2n) is 9.79. The Kier molecular flexibility index (Phi) is 8.26. The number of carbonyl (C=O) groups is 2. The van der Waals surface area contributed by atoms with E-state index in [1.807, 2.05) is 43.3 Å². The Morgan fingerprint density at radius 1 is 0.976 bits per heavy atom. The molecule has 0 bridgehead atoms. The van der Waals surface area contributed by atoms with Gasteiger partial charge < -0.3 is 18.8 Å². The standard InChI is InChI=1S/C32H31N3O6S/c1-6-39-30(37)22-10-8-20(9-11-22)25-17-16-24(41-25)18-26-29(36)35-28(21-12-14-23(15-13-21)34(4)5)27(31(38)40-7-2)19(3)33-32(35)42-26/h8-18,28H,6-7H2,1-5H3. The van der Waals surface area contributed by atoms with Gasteiger partial charge in [-0.05, 0) is 62.7 Å². The first kappa shape index (κ1) is 28.8. The number of nitrogens with zero attached hydrogens (tertiary/aromatic N) is 3. The van der Waals surface area contributed by atoms with E-state index in [9.17, 15) is 14.4 Å². The number of ether oxygens (including phenoxy) is 2. The maximum atomic E-state index is 13.9. The minimum Gasteiger partial charge on any atom is -0.463 e. The molecule has 9 nitrogen and oxygen atoms in total. The van der Waals surface area contributed by atoms with E-state index in [1.54, 1.807) is 67.8 Å². The SMILES string of the molecule is CCOC(=O)C1=C(C)N=c2sc(=Cc3ccc(-c4ccc(C(=O)OCC)cc4)o3)c(=O)n2C1c1ccc(N(C)C)cc1. The number of benzene rings is 2. The maximum absolute atomic E-state index is 13.9. The van der Waals surface area contributed by atoms with Crippen molar-refractivity contribution in [3.63, 3.8) is 0 Å². The summed E-state index contributed by atoms with van der Waals surface area (Å²) in [6.07, 6.45) is 1.68. The Morgan fingerprint density at radius 2 is 1.64 bits per heavy atom. The normalized spacial score (nSPS) is 14.8. The zero-order valence-corrected chi connectivity index (χ0v) is 24.9. The van der Waals surface area contributed by atoms with Crippen LogP contribution in [0.5, 0.6) is 0 Å². The highest BCUT2D eigenvalue weighted by atomic mass is 32.1. The van der Waals surface area contributed by atoms with Crippen molar-refractivity contribution < 1.29 is 23.5 Å². The molecule has 0 radical (unpaired) electrons. The molecule has 0 saturated heterocycles. The average Bonchev–Trinajstić information content (AvgIpc) is 3.57. The fourth-order valence-corrected chi connectivity index (χ4v) is 5.79. The summed E-state index contributed by atoms with van der Waals surface area (Å²) < 4.78 is 18.4. The first-order chi connectivity index (χ1) is 20.2. The van der Waals surface area contributed by atoms with Gasteiger partial charge in [0.2, 0.25) is 0 Å². The van der Waals surface area contributed by atoms with E-state index in [-0.39, 0.29) is 18.1 Å². The first-order valence-corrected chi connectivity index (χ1v) is 14.4. The molecule has 0 fully saturated rings. The van der Waals surface area contributed by atoms with Gasteiger partial charge in [0.25, 0.3) is 5.56 Å². The van der Waals surface area contributed by atoms with Crippen LogP contribution in [0.1, 0.15) is 48.5 Å². The van der Waals surface area contributed by atoms with Crippen LogP contribution in [0.3, 0.4) is 0 Å². The van der Waals surface area contributed by atoms with Gasteiger partial charge in [-0.3, -0.25) is 9.36 Å². The second kappa shape index (κ2) is 12.0. The molecular weight excluding hydrogens is 554 g/mol. The molecule has 0 N–H and O–H groups in total. The van der Waals surface area contributed by atoms with Crippen molar-refractivity contribution in [3.8, 4) is 11.3 Å². The zero-order valence-electron chi connectivity index (χ0n) is 24.0. The number of esters is 2. The van der Waals surface area contributed by atoms with Crippen LogP contribution in [0.2, 0.25) is 0 Å². The van der Waals surface area contributed by atoms with Gasteiger partial charge in [0, 0.05) is 31.4 Å². The van der Waals surface area contributed by atoms with E-state index < -0.39 is 12.0 Å². The lowest BCUT2D eigenvalue weighted by molar-refractivity contribution is -0.139. The predicted molar refractivity (Wildman–Crippen MR) is 161 cm³/mol. The van der Waals surface area contributed by atoms with Gasteiger partial charge in [-0.2, -0.15) is 0 Å². The van der Waals surface area contributed by atoms with Crippen LogP contribution in [0.4, 0.5) is 5.69 Å². The molecule has 1 atom stereocenters. The largest absolute Gasteiger partial charge is 0.463 e. The number of hydrogen-bond donors (Lipinski definition) is 0. The number of fused-ring (bicyclic) bond motifs is 1.